The molecule has 0 fully saturated rings. The molecule has 1 aliphatic rings. The fourth-order valence-electron chi connectivity index (χ4n) is 2.41. The van der Waals surface area contributed by atoms with Crippen molar-refractivity contribution in [1.29, 1.82) is 0 Å². The van der Waals surface area contributed by atoms with E-state index in [0.29, 0.717) is 0 Å². The third-order valence-electron chi connectivity index (χ3n) is 3.46. The van der Waals surface area contributed by atoms with Crippen LogP contribution in [0.4, 0.5) is 0 Å². The first-order chi connectivity index (χ1) is 7.27. The molecule has 0 aromatic heterocycles. The van der Waals surface area contributed by atoms with E-state index in [1.54, 1.807) is 5.57 Å². The summed E-state index contributed by atoms with van der Waals surface area (Å²) in [6.07, 6.45) is 6.31. The summed E-state index contributed by atoms with van der Waals surface area (Å²) in [7, 11) is 0. The number of benzene rings is 1. The van der Waals surface area contributed by atoms with E-state index < -0.39 is 0 Å². The molecule has 1 aromatic carbocycles. The molecule has 1 aliphatic carbocycles. The predicted octanol–water partition coefficient (Wildman–Crippen LogP) is 4.54. The summed E-state index contributed by atoms with van der Waals surface area (Å²) in [5.74, 6) is 1.50. The highest BCUT2D eigenvalue weighted by molar-refractivity contribution is 5.23. The lowest BCUT2D eigenvalue weighted by Crippen LogP contribution is -2.07. The molecule has 0 N–H and O–H groups in total. The van der Waals surface area contributed by atoms with E-state index in [-0.39, 0.29) is 0 Å². The summed E-state index contributed by atoms with van der Waals surface area (Å²) >= 11 is 0. The van der Waals surface area contributed by atoms with Gasteiger partial charge in [0.15, 0.2) is 0 Å². The van der Waals surface area contributed by atoms with Crippen LogP contribution in [0.25, 0.3) is 0 Å². The number of rotatable bonds is 2. The second-order valence-electron chi connectivity index (χ2n) is 4.82. The SMILES string of the molecule is CC(C)C1=CCC(c2ccccc2)CC1. The van der Waals surface area contributed by atoms with Gasteiger partial charge in [0.2, 0.25) is 0 Å². The van der Waals surface area contributed by atoms with E-state index >= 15 is 0 Å². The second-order valence-corrected chi connectivity index (χ2v) is 4.82. The summed E-state index contributed by atoms with van der Waals surface area (Å²) in [6.45, 7) is 4.60. The van der Waals surface area contributed by atoms with Crippen molar-refractivity contribution in [2.75, 3.05) is 0 Å². The Morgan fingerprint density at radius 2 is 1.87 bits per heavy atom. The van der Waals surface area contributed by atoms with Gasteiger partial charge in [0.25, 0.3) is 0 Å². The summed E-state index contributed by atoms with van der Waals surface area (Å²) in [6, 6.07) is 10.9. The van der Waals surface area contributed by atoms with E-state index in [2.05, 4.69) is 50.3 Å². The quantitative estimate of drug-likeness (QED) is 0.615. The van der Waals surface area contributed by atoms with Gasteiger partial charge in [-0.3, -0.25) is 0 Å². The smallest absolute Gasteiger partial charge is 0.0124 e. The van der Waals surface area contributed by atoms with Gasteiger partial charge in [0, 0.05) is 0 Å². The minimum atomic E-state index is 0.738. The molecule has 0 heteroatoms. The van der Waals surface area contributed by atoms with Gasteiger partial charge in [-0.2, -0.15) is 0 Å². The maximum absolute atomic E-state index is 2.46. The average molecular weight is 200 g/mol. The first-order valence-electron chi connectivity index (χ1n) is 6.01. The highest BCUT2D eigenvalue weighted by atomic mass is 14.2. The monoisotopic (exact) mass is 200 g/mol. The Morgan fingerprint density at radius 1 is 1.13 bits per heavy atom. The van der Waals surface area contributed by atoms with Crippen LogP contribution < -0.4 is 0 Å². The van der Waals surface area contributed by atoms with Crippen molar-refractivity contribution in [2.45, 2.75) is 39.0 Å². The Bertz CT molecular complexity index is 332. The highest BCUT2D eigenvalue weighted by Crippen LogP contribution is 2.34. The van der Waals surface area contributed by atoms with Crippen LogP contribution in [0.5, 0.6) is 0 Å². The van der Waals surface area contributed by atoms with Gasteiger partial charge in [-0.05, 0) is 36.7 Å². The molecular formula is C15H20. The van der Waals surface area contributed by atoms with Crippen molar-refractivity contribution >= 4 is 0 Å². The van der Waals surface area contributed by atoms with Crippen LogP contribution in [0.1, 0.15) is 44.6 Å². The molecule has 0 saturated heterocycles. The fraction of sp³-hybridized carbons (Fsp3) is 0.467. The van der Waals surface area contributed by atoms with Crippen LogP contribution in [0, 0.1) is 5.92 Å². The van der Waals surface area contributed by atoms with Crippen molar-refractivity contribution in [3.05, 3.63) is 47.5 Å². The Labute approximate surface area is 93.0 Å². The van der Waals surface area contributed by atoms with Crippen LogP contribution in [-0.4, -0.2) is 0 Å². The molecule has 0 aliphatic heterocycles. The molecule has 0 amide bonds. The molecule has 0 nitrogen and oxygen atoms in total. The minimum absolute atomic E-state index is 0.738. The molecule has 0 radical (unpaired) electrons. The maximum atomic E-state index is 2.46. The van der Waals surface area contributed by atoms with E-state index in [4.69, 9.17) is 0 Å². The zero-order valence-electron chi connectivity index (χ0n) is 9.74. The Balaban J connectivity index is 2.06. The molecule has 0 heterocycles. The highest BCUT2D eigenvalue weighted by Gasteiger charge is 2.16. The zero-order valence-corrected chi connectivity index (χ0v) is 9.74. The predicted molar refractivity (Wildman–Crippen MR) is 66.0 cm³/mol. The molecule has 1 unspecified atom stereocenters. The largest absolute Gasteiger partial charge is 0.0845 e. The number of allylic oxidation sites excluding steroid dienone is 2. The third-order valence-corrected chi connectivity index (χ3v) is 3.46. The molecule has 1 aromatic rings. The molecule has 80 valence electrons. The first kappa shape index (κ1) is 10.5. The van der Waals surface area contributed by atoms with Crippen LogP contribution in [0.2, 0.25) is 0 Å². The lowest BCUT2D eigenvalue weighted by molar-refractivity contribution is 0.557. The Hall–Kier alpha value is -1.04. The van der Waals surface area contributed by atoms with E-state index in [9.17, 15) is 0 Å². The summed E-state index contributed by atoms with van der Waals surface area (Å²) < 4.78 is 0. The molecular weight excluding hydrogens is 180 g/mol. The van der Waals surface area contributed by atoms with Crippen LogP contribution in [0.15, 0.2) is 42.0 Å². The molecule has 1 atom stereocenters. The van der Waals surface area contributed by atoms with Crippen molar-refractivity contribution in [1.82, 2.24) is 0 Å². The van der Waals surface area contributed by atoms with Crippen molar-refractivity contribution in [3.63, 3.8) is 0 Å². The van der Waals surface area contributed by atoms with E-state index in [1.807, 2.05) is 0 Å². The molecule has 0 bridgehead atoms. The van der Waals surface area contributed by atoms with E-state index in [1.165, 1.54) is 24.8 Å². The maximum Gasteiger partial charge on any atom is -0.0124 e. The lowest BCUT2D eigenvalue weighted by Gasteiger charge is -2.24. The number of hydrogen-bond acceptors (Lipinski definition) is 0. The molecule has 2 rings (SSSR count). The third kappa shape index (κ3) is 2.50. The van der Waals surface area contributed by atoms with Crippen LogP contribution in [0.3, 0.4) is 0 Å². The van der Waals surface area contributed by atoms with Gasteiger partial charge >= 0.3 is 0 Å². The zero-order chi connectivity index (χ0) is 10.7. The summed E-state index contributed by atoms with van der Waals surface area (Å²) in [5.41, 5.74) is 3.17. The van der Waals surface area contributed by atoms with Gasteiger partial charge in [-0.25, -0.2) is 0 Å². The summed E-state index contributed by atoms with van der Waals surface area (Å²) in [5, 5.41) is 0. The molecule has 15 heavy (non-hydrogen) atoms. The number of hydrogen-bond donors (Lipinski definition) is 0. The normalized spacial score (nSPS) is 21.5. The van der Waals surface area contributed by atoms with Gasteiger partial charge in [0.1, 0.15) is 0 Å². The average Bonchev–Trinajstić information content (AvgIpc) is 2.30. The van der Waals surface area contributed by atoms with Crippen molar-refractivity contribution in [3.8, 4) is 0 Å². The van der Waals surface area contributed by atoms with Gasteiger partial charge < -0.3 is 0 Å². The fourth-order valence-corrected chi connectivity index (χ4v) is 2.41. The lowest BCUT2D eigenvalue weighted by atomic mass is 9.82. The Kier molecular flexibility index (Phi) is 3.25. The molecule has 0 spiro atoms. The Morgan fingerprint density at radius 3 is 2.40 bits per heavy atom. The molecule has 0 saturated carbocycles. The van der Waals surface area contributed by atoms with Crippen LogP contribution in [-0.2, 0) is 0 Å². The summed E-state index contributed by atoms with van der Waals surface area (Å²) in [4.78, 5) is 0. The van der Waals surface area contributed by atoms with Gasteiger partial charge in [0.05, 0.1) is 0 Å². The second kappa shape index (κ2) is 4.65. The standard InChI is InChI=1S/C15H20/c1-12(2)13-8-10-15(11-9-13)14-6-4-3-5-7-14/h3-8,12,15H,9-11H2,1-2H3. The van der Waals surface area contributed by atoms with Gasteiger partial charge in [-0.15, -0.1) is 0 Å². The van der Waals surface area contributed by atoms with Gasteiger partial charge in [-0.1, -0.05) is 55.8 Å². The minimum Gasteiger partial charge on any atom is -0.0845 e. The first-order valence-corrected chi connectivity index (χ1v) is 6.01. The van der Waals surface area contributed by atoms with Crippen molar-refractivity contribution in [2.24, 2.45) is 5.92 Å². The van der Waals surface area contributed by atoms with Crippen LogP contribution >= 0.6 is 0 Å². The van der Waals surface area contributed by atoms with Crippen molar-refractivity contribution < 1.29 is 0 Å². The topological polar surface area (TPSA) is 0 Å². The van der Waals surface area contributed by atoms with E-state index in [0.717, 1.165) is 11.8 Å².